The zero-order valence-electron chi connectivity index (χ0n) is 17.3. The summed E-state index contributed by atoms with van der Waals surface area (Å²) in [6.45, 7) is 4.78. The van der Waals surface area contributed by atoms with Crippen molar-refractivity contribution in [3.8, 4) is 0 Å². The second-order valence-electron chi connectivity index (χ2n) is 7.91. The van der Waals surface area contributed by atoms with E-state index in [1.807, 2.05) is 0 Å². The number of halogens is 3. The van der Waals surface area contributed by atoms with Crippen molar-refractivity contribution in [2.45, 2.75) is 20.3 Å². The minimum atomic E-state index is -0.813. The smallest absolute Gasteiger partial charge is 0.296 e. The number of carbonyl (C=O) groups excluding carboxylic acids is 1. The molecule has 0 radical (unpaired) electrons. The summed E-state index contributed by atoms with van der Waals surface area (Å²) in [5.41, 5.74) is 2.74. The predicted octanol–water partition coefficient (Wildman–Crippen LogP) is 5.43. The number of rotatable bonds is 3. The van der Waals surface area contributed by atoms with Gasteiger partial charge in [0, 0.05) is 41.2 Å². The first-order chi connectivity index (χ1) is 15.1. The highest BCUT2D eigenvalue weighted by Gasteiger charge is 2.34. The van der Waals surface area contributed by atoms with Gasteiger partial charge in [0.2, 0.25) is 0 Å². The number of hydrogen-bond acceptors (Lipinski definition) is 6. The fourth-order valence-electron chi connectivity index (χ4n) is 3.25. The molecule has 4 rings (SSSR count). The summed E-state index contributed by atoms with van der Waals surface area (Å²) in [5, 5.41) is 19.5. The molecule has 2 aromatic carbocycles. The van der Waals surface area contributed by atoms with Crippen molar-refractivity contribution in [1.82, 2.24) is 5.06 Å². The molecule has 0 amide bonds. The summed E-state index contributed by atoms with van der Waals surface area (Å²) in [4.78, 5) is 18.6. The average molecular weight is 463 g/mol. The number of benzene rings is 2. The Hall–Kier alpha value is -3.07. The average Bonchev–Trinajstić information content (AvgIpc) is 3.04. The molecule has 0 saturated carbocycles. The Morgan fingerprint density at radius 1 is 1.25 bits per heavy atom. The largest absolute Gasteiger partial charge is 0.372 e. The van der Waals surface area contributed by atoms with Crippen LogP contribution < -0.4 is 0 Å². The molecule has 2 heterocycles. The fraction of sp³-hybridized carbons (Fsp3) is 0.217. The zero-order chi connectivity index (χ0) is 23.5. The van der Waals surface area contributed by atoms with Gasteiger partial charge in [-0.05, 0) is 35.9 Å². The lowest BCUT2D eigenvalue weighted by Crippen LogP contribution is -2.26. The Morgan fingerprint density at radius 3 is 2.66 bits per heavy atom. The Bertz CT molecular complexity index is 1130. The highest BCUT2D eigenvalue weighted by molar-refractivity contribution is 6.30. The minimum absolute atomic E-state index is 0.112. The number of hydrogen-bond donors (Lipinski definition) is 2. The van der Waals surface area contributed by atoms with Gasteiger partial charge in [-0.2, -0.15) is 5.26 Å². The quantitative estimate of drug-likeness (QED) is 0.469. The van der Waals surface area contributed by atoms with E-state index in [4.69, 9.17) is 16.9 Å². The summed E-state index contributed by atoms with van der Waals surface area (Å²) in [5.74, 6) is -2.04. The molecule has 0 aromatic heterocycles. The summed E-state index contributed by atoms with van der Waals surface area (Å²) in [6.07, 6.45) is 3.56. The molecular formula is C23H21ClF2N2O4. The van der Waals surface area contributed by atoms with Gasteiger partial charge < -0.3 is 0 Å². The Morgan fingerprint density at radius 2 is 2.00 bits per heavy atom. The van der Waals surface area contributed by atoms with Gasteiger partial charge in [0.15, 0.2) is 0 Å². The van der Waals surface area contributed by atoms with E-state index < -0.39 is 17.6 Å². The molecule has 32 heavy (non-hydrogen) atoms. The number of carbonyl (C=O) groups is 1. The van der Waals surface area contributed by atoms with Crippen molar-refractivity contribution in [2.75, 3.05) is 6.54 Å². The monoisotopic (exact) mass is 462 g/mol. The van der Waals surface area contributed by atoms with E-state index in [2.05, 4.69) is 23.7 Å². The maximum absolute atomic E-state index is 13.7. The molecule has 0 aliphatic carbocycles. The van der Waals surface area contributed by atoms with E-state index in [0.717, 1.165) is 22.4 Å². The van der Waals surface area contributed by atoms with Crippen LogP contribution in [0.2, 0.25) is 5.02 Å². The first kappa shape index (κ1) is 23.6. The van der Waals surface area contributed by atoms with Crippen LogP contribution in [-0.4, -0.2) is 33.8 Å². The van der Waals surface area contributed by atoms with E-state index in [-0.39, 0.29) is 17.4 Å². The van der Waals surface area contributed by atoms with Crippen molar-refractivity contribution in [1.29, 1.82) is 0 Å². The van der Waals surface area contributed by atoms with Gasteiger partial charge in [-0.3, -0.25) is 15.1 Å². The van der Waals surface area contributed by atoms with Crippen LogP contribution >= 0.6 is 11.6 Å². The van der Waals surface area contributed by atoms with Crippen molar-refractivity contribution in [3.63, 3.8) is 0 Å². The molecule has 0 unspecified atom stereocenters. The van der Waals surface area contributed by atoms with Gasteiger partial charge >= 0.3 is 5.97 Å². The van der Waals surface area contributed by atoms with Crippen molar-refractivity contribution in [2.24, 2.45) is 10.4 Å². The van der Waals surface area contributed by atoms with Gasteiger partial charge in [-0.15, -0.1) is 0 Å². The number of hydroxylamine groups is 2. The molecule has 0 bridgehead atoms. The lowest BCUT2D eigenvalue weighted by atomic mass is 9.83. The first-order valence-electron chi connectivity index (χ1n) is 9.62. The van der Waals surface area contributed by atoms with Crippen LogP contribution in [0.4, 0.5) is 8.78 Å². The second-order valence-corrected chi connectivity index (χ2v) is 8.35. The molecule has 9 heteroatoms. The summed E-state index contributed by atoms with van der Waals surface area (Å²) in [6, 6.07) is 9.55. The molecule has 2 N–H and O–H groups in total. The van der Waals surface area contributed by atoms with Gasteiger partial charge in [0.1, 0.15) is 11.6 Å². The molecule has 0 fully saturated rings. The topological polar surface area (TPSA) is 82.4 Å². The lowest BCUT2D eigenvalue weighted by molar-refractivity contribution is -0.182. The van der Waals surface area contributed by atoms with Crippen LogP contribution in [0, 0.1) is 17.0 Å². The zero-order valence-corrected chi connectivity index (χ0v) is 18.1. The molecule has 2 aromatic rings. The maximum atomic E-state index is 13.7. The summed E-state index contributed by atoms with van der Waals surface area (Å²) < 4.78 is 26.6. The highest BCUT2D eigenvalue weighted by Crippen LogP contribution is 2.37. The SMILES string of the molecule is CC1(C)CN=C2C=C(Cc3ccc(F)cc3F)N(O)C=C21.O=C(OO)c1cccc(Cl)c1. The van der Waals surface area contributed by atoms with Crippen LogP contribution in [0.15, 0.2) is 71.0 Å². The molecule has 2 aliphatic rings. The maximum Gasteiger partial charge on any atom is 0.372 e. The number of nitrogens with zero attached hydrogens (tertiary/aromatic N) is 2. The minimum Gasteiger partial charge on any atom is -0.296 e. The Labute approximate surface area is 188 Å². The fourth-order valence-corrected chi connectivity index (χ4v) is 3.44. The van der Waals surface area contributed by atoms with Gasteiger partial charge in [0.05, 0.1) is 17.0 Å². The van der Waals surface area contributed by atoms with E-state index in [1.165, 1.54) is 24.3 Å². The van der Waals surface area contributed by atoms with Crippen LogP contribution in [0.3, 0.4) is 0 Å². The van der Waals surface area contributed by atoms with Gasteiger partial charge in [0.25, 0.3) is 0 Å². The van der Waals surface area contributed by atoms with E-state index >= 15 is 0 Å². The number of fused-ring (bicyclic) bond motifs is 1. The van der Waals surface area contributed by atoms with E-state index in [1.54, 1.807) is 24.4 Å². The summed E-state index contributed by atoms with van der Waals surface area (Å²) in [7, 11) is 0. The standard InChI is InChI=1S/C16H16F2N2O.C7H5ClO3/c1-16(2)9-19-15-7-12(20(21)8-13(15)16)5-10-3-4-11(17)6-14(10)18;8-6-3-1-2-5(4-6)7(9)11-10/h3-4,6-8,21H,5,9H2,1-2H3;1-4,10H. The third-order valence-corrected chi connectivity index (χ3v) is 5.26. The summed E-state index contributed by atoms with van der Waals surface area (Å²) >= 11 is 5.56. The van der Waals surface area contributed by atoms with Crippen LogP contribution in [0.25, 0.3) is 0 Å². The molecule has 6 nitrogen and oxygen atoms in total. The number of aliphatic imine (C=N–C) groups is 1. The molecular weight excluding hydrogens is 442 g/mol. The lowest BCUT2D eigenvalue weighted by Gasteiger charge is -2.27. The Balaban J connectivity index is 0.000000222. The van der Waals surface area contributed by atoms with Gasteiger partial charge in [-0.25, -0.2) is 18.6 Å². The molecule has 0 spiro atoms. The highest BCUT2D eigenvalue weighted by atomic mass is 35.5. The van der Waals surface area contributed by atoms with Crippen LogP contribution in [-0.2, 0) is 11.3 Å². The van der Waals surface area contributed by atoms with Crippen molar-refractivity contribution >= 4 is 23.3 Å². The van der Waals surface area contributed by atoms with Gasteiger partial charge in [-0.1, -0.05) is 37.6 Å². The number of allylic oxidation sites excluding steroid dienone is 2. The van der Waals surface area contributed by atoms with E-state index in [9.17, 15) is 18.8 Å². The molecule has 0 atom stereocenters. The van der Waals surface area contributed by atoms with E-state index in [0.29, 0.717) is 22.8 Å². The first-order valence-corrected chi connectivity index (χ1v) is 9.99. The van der Waals surface area contributed by atoms with Crippen molar-refractivity contribution < 1.29 is 28.9 Å². The van der Waals surface area contributed by atoms with Crippen LogP contribution in [0.1, 0.15) is 29.8 Å². The second kappa shape index (κ2) is 9.60. The predicted molar refractivity (Wildman–Crippen MR) is 115 cm³/mol. The Kier molecular flexibility index (Phi) is 7.08. The molecule has 2 aliphatic heterocycles. The molecule has 168 valence electrons. The third kappa shape index (κ3) is 5.40. The third-order valence-electron chi connectivity index (χ3n) is 5.03. The van der Waals surface area contributed by atoms with Crippen molar-refractivity contribution in [3.05, 3.63) is 93.8 Å². The van der Waals surface area contributed by atoms with Crippen LogP contribution in [0.5, 0.6) is 0 Å². The molecule has 0 saturated heterocycles. The normalized spacial score (nSPS) is 16.2.